The lowest BCUT2D eigenvalue weighted by Crippen LogP contribution is -2.24. The Balaban J connectivity index is 2.13. The van der Waals surface area contributed by atoms with E-state index in [1.807, 2.05) is 19.9 Å². The van der Waals surface area contributed by atoms with E-state index in [2.05, 4.69) is 0 Å². The van der Waals surface area contributed by atoms with E-state index in [1.165, 1.54) is 25.1 Å². The molecule has 0 N–H and O–H groups in total. The summed E-state index contributed by atoms with van der Waals surface area (Å²) in [7, 11) is 0. The zero-order chi connectivity index (χ0) is 17.9. The van der Waals surface area contributed by atoms with Crippen molar-refractivity contribution in [2.45, 2.75) is 26.9 Å². The van der Waals surface area contributed by atoms with Crippen LogP contribution in [0.3, 0.4) is 0 Å². The monoisotopic (exact) mass is 327 g/mol. The van der Waals surface area contributed by atoms with Gasteiger partial charge in [0.15, 0.2) is 6.10 Å². The molecule has 2 aromatic rings. The number of carbonyl (C=O) groups is 2. The minimum atomic E-state index is -0.987. The third kappa shape index (κ3) is 3.84. The lowest BCUT2D eigenvalue weighted by molar-refractivity contribution is -0.384. The predicted octanol–water partition coefficient (Wildman–Crippen LogP) is 3.64. The summed E-state index contributed by atoms with van der Waals surface area (Å²) in [6.07, 6.45) is -0.987. The quantitative estimate of drug-likeness (QED) is 0.362. The van der Waals surface area contributed by atoms with Crippen molar-refractivity contribution in [3.8, 4) is 0 Å². The molecule has 124 valence electrons. The van der Waals surface area contributed by atoms with Crippen LogP contribution in [0, 0.1) is 24.0 Å². The number of hydrogen-bond donors (Lipinski definition) is 0. The largest absolute Gasteiger partial charge is 0.451 e. The highest BCUT2D eigenvalue weighted by Gasteiger charge is 2.21. The molecule has 0 heterocycles. The molecule has 2 rings (SSSR count). The Hall–Kier alpha value is -3.02. The van der Waals surface area contributed by atoms with Crippen molar-refractivity contribution in [3.63, 3.8) is 0 Å². The highest BCUT2D eigenvalue weighted by atomic mass is 16.6. The summed E-state index contributed by atoms with van der Waals surface area (Å²) in [5.41, 5.74) is 2.31. The van der Waals surface area contributed by atoms with E-state index in [0.29, 0.717) is 5.56 Å². The molecule has 24 heavy (non-hydrogen) atoms. The first kappa shape index (κ1) is 17.3. The normalized spacial score (nSPS) is 11.6. The van der Waals surface area contributed by atoms with Crippen molar-refractivity contribution in [1.82, 2.24) is 0 Å². The molecule has 0 fully saturated rings. The number of carbonyl (C=O) groups excluding carboxylic acids is 2. The second kappa shape index (κ2) is 7.04. The molecule has 0 saturated carbocycles. The summed E-state index contributed by atoms with van der Waals surface area (Å²) in [5.74, 6) is -1.10. The highest BCUT2D eigenvalue weighted by Crippen LogP contribution is 2.16. The van der Waals surface area contributed by atoms with E-state index < -0.39 is 17.0 Å². The molecule has 0 aromatic heterocycles. The molecule has 0 aliphatic carbocycles. The van der Waals surface area contributed by atoms with Crippen molar-refractivity contribution in [3.05, 3.63) is 74.8 Å². The Kier molecular flexibility index (Phi) is 5.08. The van der Waals surface area contributed by atoms with Crippen molar-refractivity contribution >= 4 is 17.4 Å². The van der Waals surface area contributed by atoms with E-state index in [0.717, 1.165) is 17.2 Å². The SMILES string of the molecule is Cc1ccc(C(=O)[C@H](C)OC(=O)c2cccc([N+](=O)[O-])c2)cc1C. The zero-order valence-corrected chi connectivity index (χ0v) is 13.6. The van der Waals surface area contributed by atoms with Gasteiger partial charge in [0.1, 0.15) is 0 Å². The van der Waals surface area contributed by atoms with Crippen LogP contribution in [0.2, 0.25) is 0 Å². The number of aryl methyl sites for hydroxylation is 2. The lowest BCUT2D eigenvalue weighted by atomic mass is 10.0. The number of Topliss-reactive ketones (excluding diaryl/α,β-unsaturated/α-hetero) is 1. The van der Waals surface area contributed by atoms with Crippen LogP contribution in [0.15, 0.2) is 42.5 Å². The van der Waals surface area contributed by atoms with E-state index in [9.17, 15) is 19.7 Å². The smallest absolute Gasteiger partial charge is 0.339 e. The minimum Gasteiger partial charge on any atom is -0.451 e. The topological polar surface area (TPSA) is 86.5 Å². The van der Waals surface area contributed by atoms with Crippen LogP contribution < -0.4 is 0 Å². The number of ether oxygens (including phenoxy) is 1. The van der Waals surface area contributed by atoms with Gasteiger partial charge in [-0.25, -0.2) is 4.79 Å². The number of hydrogen-bond acceptors (Lipinski definition) is 5. The lowest BCUT2D eigenvalue weighted by Gasteiger charge is -2.13. The molecule has 6 nitrogen and oxygen atoms in total. The van der Waals surface area contributed by atoms with Crippen LogP contribution in [-0.4, -0.2) is 22.8 Å². The minimum absolute atomic E-state index is 0.0314. The maximum Gasteiger partial charge on any atom is 0.339 e. The number of esters is 1. The van der Waals surface area contributed by atoms with Crippen molar-refractivity contribution < 1.29 is 19.2 Å². The Morgan fingerprint density at radius 1 is 1.04 bits per heavy atom. The molecule has 0 aliphatic rings. The number of benzene rings is 2. The Bertz CT molecular complexity index is 813. The molecule has 0 aliphatic heterocycles. The number of nitro benzene ring substituents is 1. The Morgan fingerprint density at radius 3 is 2.38 bits per heavy atom. The molecule has 0 bridgehead atoms. The van der Waals surface area contributed by atoms with Crippen LogP contribution in [0.5, 0.6) is 0 Å². The summed E-state index contributed by atoms with van der Waals surface area (Å²) in [4.78, 5) is 34.6. The first-order valence-corrected chi connectivity index (χ1v) is 7.36. The van der Waals surface area contributed by atoms with E-state index in [-0.39, 0.29) is 17.0 Å². The second-order valence-electron chi connectivity index (χ2n) is 5.52. The molecule has 0 amide bonds. The van der Waals surface area contributed by atoms with Crippen molar-refractivity contribution in [2.75, 3.05) is 0 Å². The van der Waals surface area contributed by atoms with Crippen LogP contribution in [0.1, 0.15) is 38.8 Å². The fraction of sp³-hybridized carbons (Fsp3) is 0.222. The molecule has 0 spiro atoms. The van der Waals surface area contributed by atoms with Crippen LogP contribution in [0.4, 0.5) is 5.69 Å². The Morgan fingerprint density at radius 2 is 1.75 bits per heavy atom. The first-order chi connectivity index (χ1) is 11.3. The molecule has 0 saturated heterocycles. The molecule has 1 atom stereocenters. The van der Waals surface area contributed by atoms with Gasteiger partial charge in [-0.3, -0.25) is 14.9 Å². The van der Waals surface area contributed by atoms with Gasteiger partial charge < -0.3 is 4.74 Å². The molecule has 0 radical (unpaired) electrons. The van der Waals surface area contributed by atoms with Crippen molar-refractivity contribution in [2.24, 2.45) is 0 Å². The third-order valence-corrected chi connectivity index (χ3v) is 3.74. The van der Waals surface area contributed by atoms with Crippen LogP contribution in [0.25, 0.3) is 0 Å². The summed E-state index contributed by atoms with van der Waals surface area (Å²) in [5, 5.41) is 10.7. The number of rotatable bonds is 5. The summed E-state index contributed by atoms with van der Waals surface area (Å²) >= 11 is 0. The zero-order valence-electron chi connectivity index (χ0n) is 13.6. The first-order valence-electron chi connectivity index (χ1n) is 7.36. The van der Waals surface area contributed by atoms with Gasteiger partial charge in [-0.05, 0) is 44.0 Å². The fourth-order valence-electron chi connectivity index (χ4n) is 2.16. The molecule has 2 aromatic carbocycles. The van der Waals surface area contributed by atoms with Gasteiger partial charge in [0.25, 0.3) is 5.69 Å². The summed E-state index contributed by atoms with van der Waals surface area (Å²) in [6, 6.07) is 10.5. The van der Waals surface area contributed by atoms with Gasteiger partial charge in [0.05, 0.1) is 10.5 Å². The van der Waals surface area contributed by atoms with Gasteiger partial charge in [-0.15, -0.1) is 0 Å². The molecule has 0 unspecified atom stereocenters. The molecular formula is C18H17NO5. The van der Waals surface area contributed by atoms with Crippen LogP contribution in [-0.2, 0) is 4.74 Å². The molecule has 6 heteroatoms. The van der Waals surface area contributed by atoms with Gasteiger partial charge in [-0.1, -0.05) is 18.2 Å². The number of non-ortho nitro benzene ring substituents is 1. The molecular weight excluding hydrogens is 310 g/mol. The summed E-state index contributed by atoms with van der Waals surface area (Å²) in [6.45, 7) is 5.31. The standard InChI is InChI=1S/C18H17NO5/c1-11-7-8-14(9-12(11)2)17(20)13(3)24-18(21)15-5-4-6-16(10-15)19(22)23/h4-10,13H,1-3H3/t13-/m0/s1. The highest BCUT2D eigenvalue weighted by molar-refractivity contribution is 6.01. The average Bonchev–Trinajstić information content (AvgIpc) is 2.56. The number of nitrogens with zero attached hydrogens (tertiary/aromatic N) is 1. The maximum absolute atomic E-state index is 12.4. The summed E-state index contributed by atoms with van der Waals surface area (Å²) < 4.78 is 5.15. The van der Waals surface area contributed by atoms with E-state index >= 15 is 0 Å². The second-order valence-corrected chi connectivity index (χ2v) is 5.52. The fourth-order valence-corrected chi connectivity index (χ4v) is 2.16. The average molecular weight is 327 g/mol. The van der Waals surface area contributed by atoms with E-state index in [1.54, 1.807) is 12.1 Å². The Labute approximate surface area is 139 Å². The van der Waals surface area contributed by atoms with Gasteiger partial charge in [0, 0.05) is 17.7 Å². The maximum atomic E-state index is 12.4. The predicted molar refractivity (Wildman–Crippen MR) is 88.2 cm³/mol. The van der Waals surface area contributed by atoms with Gasteiger partial charge in [-0.2, -0.15) is 0 Å². The van der Waals surface area contributed by atoms with Crippen molar-refractivity contribution in [1.29, 1.82) is 0 Å². The number of ketones is 1. The van der Waals surface area contributed by atoms with Gasteiger partial charge >= 0.3 is 5.97 Å². The van der Waals surface area contributed by atoms with E-state index in [4.69, 9.17) is 4.74 Å². The number of nitro groups is 1. The van der Waals surface area contributed by atoms with Gasteiger partial charge in [0.2, 0.25) is 5.78 Å². The van der Waals surface area contributed by atoms with Crippen LogP contribution >= 0.6 is 0 Å². The third-order valence-electron chi connectivity index (χ3n) is 3.74.